The molecule has 1 heterocycles. The van der Waals surface area contributed by atoms with Gasteiger partial charge in [0, 0.05) is 12.3 Å². The van der Waals surface area contributed by atoms with E-state index in [-0.39, 0.29) is 11.4 Å². The zero-order valence-corrected chi connectivity index (χ0v) is 8.84. The van der Waals surface area contributed by atoms with E-state index in [1.807, 2.05) is 13.0 Å². The summed E-state index contributed by atoms with van der Waals surface area (Å²) < 4.78 is 5.45. The van der Waals surface area contributed by atoms with Crippen LogP contribution in [0, 0.1) is 6.92 Å². The summed E-state index contributed by atoms with van der Waals surface area (Å²) in [5, 5.41) is 9.40. The molecule has 2 aromatic rings. The summed E-state index contributed by atoms with van der Waals surface area (Å²) in [4.78, 5) is 4.08. The van der Waals surface area contributed by atoms with Gasteiger partial charge in [0.2, 0.25) is 5.88 Å². The van der Waals surface area contributed by atoms with E-state index in [1.165, 1.54) is 6.07 Å². The SMILES string of the molecule is Cc1ccc(Oc2cccc(O)c2N)nc1. The second kappa shape index (κ2) is 4.10. The highest BCUT2D eigenvalue weighted by Gasteiger charge is 2.06. The molecular formula is C12H12N2O2. The number of hydrogen-bond acceptors (Lipinski definition) is 4. The fourth-order valence-corrected chi connectivity index (χ4v) is 1.25. The zero-order valence-electron chi connectivity index (χ0n) is 8.84. The van der Waals surface area contributed by atoms with Crippen molar-refractivity contribution >= 4 is 5.69 Å². The van der Waals surface area contributed by atoms with Crippen LogP contribution in [0.5, 0.6) is 17.4 Å². The second-order valence-corrected chi connectivity index (χ2v) is 3.46. The van der Waals surface area contributed by atoms with E-state index in [4.69, 9.17) is 10.5 Å². The molecule has 82 valence electrons. The van der Waals surface area contributed by atoms with E-state index in [9.17, 15) is 5.11 Å². The first kappa shape index (κ1) is 10.3. The summed E-state index contributed by atoms with van der Waals surface area (Å²) in [5.41, 5.74) is 6.92. The molecule has 4 nitrogen and oxygen atoms in total. The molecule has 1 aromatic heterocycles. The van der Waals surface area contributed by atoms with Gasteiger partial charge in [-0.3, -0.25) is 0 Å². The average molecular weight is 216 g/mol. The van der Waals surface area contributed by atoms with Crippen molar-refractivity contribution in [3.8, 4) is 17.4 Å². The van der Waals surface area contributed by atoms with Crippen molar-refractivity contribution in [1.82, 2.24) is 4.98 Å². The fraction of sp³-hybridized carbons (Fsp3) is 0.0833. The standard InChI is InChI=1S/C12H12N2O2/c1-8-5-6-11(14-7-8)16-10-4-2-3-9(15)12(10)13/h2-7,15H,13H2,1H3. The highest BCUT2D eigenvalue weighted by atomic mass is 16.5. The van der Waals surface area contributed by atoms with E-state index < -0.39 is 0 Å². The van der Waals surface area contributed by atoms with Gasteiger partial charge in [-0.1, -0.05) is 12.1 Å². The highest BCUT2D eigenvalue weighted by molar-refractivity contribution is 5.62. The number of aryl methyl sites for hydroxylation is 1. The summed E-state index contributed by atoms with van der Waals surface area (Å²) in [7, 11) is 0. The molecule has 0 saturated carbocycles. The number of phenols is 1. The van der Waals surface area contributed by atoms with Gasteiger partial charge in [-0.05, 0) is 24.6 Å². The summed E-state index contributed by atoms with van der Waals surface area (Å²) in [6.07, 6.45) is 1.70. The number of nitrogens with zero attached hydrogens (tertiary/aromatic N) is 1. The largest absolute Gasteiger partial charge is 0.506 e. The molecule has 2 rings (SSSR count). The third-order valence-corrected chi connectivity index (χ3v) is 2.14. The maximum atomic E-state index is 9.40. The number of aromatic nitrogens is 1. The molecule has 0 bridgehead atoms. The lowest BCUT2D eigenvalue weighted by molar-refractivity contribution is 0.450. The first-order chi connectivity index (χ1) is 7.66. The van der Waals surface area contributed by atoms with Gasteiger partial charge in [-0.2, -0.15) is 0 Å². The van der Waals surface area contributed by atoms with E-state index in [1.54, 1.807) is 24.4 Å². The Morgan fingerprint density at radius 2 is 2.06 bits per heavy atom. The average Bonchev–Trinajstić information content (AvgIpc) is 2.28. The van der Waals surface area contributed by atoms with Gasteiger partial charge in [-0.15, -0.1) is 0 Å². The van der Waals surface area contributed by atoms with Crippen LogP contribution >= 0.6 is 0 Å². The first-order valence-electron chi connectivity index (χ1n) is 4.85. The van der Waals surface area contributed by atoms with Crippen LogP contribution in [0.1, 0.15) is 5.56 Å². The van der Waals surface area contributed by atoms with Gasteiger partial charge in [0.25, 0.3) is 0 Å². The Hall–Kier alpha value is -2.23. The first-order valence-corrected chi connectivity index (χ1v) is 4.85. The number of hydrogen-bond donors (Lipinski definition) is 2. The molecule has 1 aromatic carbocycles. The Labute approximate surface area is 93.3 Å². The van der Waals surface area contributed by atoms with Crippen LogP contribution in [0.2, 0.25) is 0 Å². The molecule has 0 fully saturated rings. The van der Waals surface area contributed by atoms with E-state index in [2.05, 4.69) is 4.98 Å². The van der Waals surface area contributed by atoms with Gasteiger partial charge >= 0.3 is 0 Å². The monoisotopic (exact) mass is 216 g/mol. The Bertz CT molecular complexity index is 495. The van der Waals surface area contributed by atoms with E-state index in [0.717, 1.165) is 5.56 Å². The van der Waals surface area contributed by atoms with Crippen LogP contribution in [-0.2, 0) is 0 Å². The predicted molar refractivity (Wildman–Crippen MR) is 61.6 cm³/mol. The molecule has 0 amide bonds. The van der Waals surface area contributed by atoms with Gasteiger partial charge in [0.15, 0.2) is 5.75 Å². The highest BCUT2D eigenvalue weighted by Crippen LogP contribution is 2.32. The molecule has 0 spiro atoms. The minimum atomic E-state index is 0.00427. The van der Waals surface area contributed by atoms with Crippen molar-refractivity contribution in [2.24, 2.45) is 0 Å². The van der Waals surface area contributed by atoms with Gasteiger partial charge in [-0.25, -0.2) is 4.98 Å². The van der Waals surface area contributed by atoms with E-state index >= 15 is 0 Å². The van der Waals surface area contributed by atoms with Gasteiger partial charge in [0.05, 0.1) is 0 Å². The molecule has 0 aliphatic rings. The summed E-state index contributed by atoms with van der Waals surface area (Å²) in [6.45, 7) is 1.94. The van der Waals surface area contributed by atoms with Crippen molar-refractivity contribution in [3.63, 3.8) is 0 Å². The topological polar surface area (TPSA) is 68.4 Å². The molecule has 4 heteroatoms. The number of pyridine rings is 1. The van der Waals surface area contributed by atoms with Crippen molar-refractivity contribution in [2.75, 3.05) is 5.73 Å². The molecular weight excluding hydrogens is 204 g/mol. The van der Waals surface area contributed by atoms with Crippen LogP contribution < -0.4 is 10.5 Å². The number of aromatic hydroxyl groups is 1. The van der Waals surface area contributed by atoms with Crippen LogP contribution in [-0.4, -0.2) is 10.1 Å². The quantitative estimate of drug-likeness (QED) is 0.597. The van der Waals surface area contributed by atoms with Crippen LogP contribution in [0.3, 0.4) is 0 Å². The predicted octanol–water partition coefficient (Wildman–Crippen LogP) is 2.47. The number of para-hydroxylation sites is 1. The second-order valence-electron chi connectivity index (χ2n) is 3.46. The summed E-state index contributed by atoms with van der Waals surface area (Å²) in [6, 6.07) is 8.48. The molecule has 0 aliphatic heterocycles. The lowest BCUT2D eigenvalue weighted by Gasteiger charge is -2.08. The normalized spacial score (nSPS) is 10.1. The number of rotatable bonds is 2. The van der Waals surface area contributed by atoms with Crippen molar-refractivity contribution < 1.29 is 9.84 Å². The minimum absolute atomic E-state index is 0.00427. The van der Waals surface area contributed by atoms with Crippen LogP contribution in [0.15, 0.2) is 36.5 Å². The number of ether oxygens (including phenoxy) is 1. The third-order valence-electron chi connectivity index (χ3n) is 2.14. The van der Waals surface area contributed by atoms with Crippen molar-refractivity contribution in [3.05, 3.63) is 42.1 Å². The summed E-state index contributed by atoms with van der Waals surface area (Å²) >= 11 is 0. The third kappa shape index (κ3) is 2.06. The Balaban J connectivity index is 2.27. The molecule has 0 saturated heterocycles. The molecule has 3 N–H and O–H groups in total. The molecule has 16 heavy (non-hydrogen) atoms. The molecule has 0 aliphatic carbocycles. The number of nitrogen functional groups attached to an aromatic ring is 1. The van der Waals surface area contributed by atoms with Crippen molar-refractivity contribution in [2.45, 2.75) is 6.92 Å². The molecule has 0 radical (unpaired) electrons. The van der Waals surface area contributed by atoms with Crippen molar-refractivity contribution in [1.29, 1.82) is 0 Å². The lowest BCUT2D eigenvalue weighted by atomic mass is 10.3. The van der Waals surface area contributed by atoms with E-state index in [0.29, 0.717) is 11.6 Å². The Morgan fingerprint density at radius 3 is 2.75 bits per heavy atom. The maximum absolute atomic E-state index is 9.40. The zero-order chi connectivity index (χ0) is 11.5. The minimum Gasteiger partial charge on any atom is -0.506 e. The Kier molecular flexibility index (Phi) is 2.64. The number of nitrogens with two attached hydrogens (primary N) is 1. The summed E-state index contributed by atoms with van der Waals surface area (Å²) in [5.74, 6) is 0.851. The lowest BCUT2D eigenvalue weighted by Crippen LogP contribution is -1.93. The maximum Gasteiger partial charge on any atom is 0.219 e. The molecule has 0 atom stereocenters. The Morgan fingerprint density at radius 1 is 1.25 bits per heavy atom. The number of phenolic OH excluding ortho intramolecular Hbond substituents is 1. The van der Waals surface area contributed by atoms with Gasteiger partial charge < -0.3 is 15.6 Å². The fourth-order valence-electron chi connectivity index (χ4n) is 1.25. The van der Waals surface area contributed by atoms with Crippen LogP contribution in [0.25, 0.3) is 0 Å². The molecule has 0 unspecified atom stereocenters. The number of benzene rings is 1. The van der Waals surface area contributed by atoms with Gasteiger partial charge in [0.1, 0.15) is 11.4 Å². The smallest absolute Gasteiger partial charge is 0.219 e. The number of anilines is 1. The van der Waals surface area contributed by atoms with Crippen LogP contribution in [0.4, 0.5) is 5.69 Å².